The van der Waals surface area contributed by atoms with E-state index < -0.39 is 15.8 Å². The van der Waals surface area contributed by atoms with Crippen LogP contribution in [0.5, 0.6) is 0 Å². The molecule has 0 bridgehead atoms. The average Bonchev–Trinajstić information content (AvgIpc) is 2.42. The molecule has 0 saturated heterocycles. The van der Waals surface area contributed by atoms with Gasteiger partial charge in [-0.15, -0.1) is 0 Å². The highest BCUT2D eigenvalue weighted by Gasteiger charge is 2.06. The molecule has 0 radical (unpaired) electrons. The van der Waals surface area contributed by atoms with Gasteiger partial charge in [0.1, 0.15) is 5.82 Å². The van der Waals surface area contributed by atoms with Crippen LogP contribution < -0.4 is 10.6 Å². The fourth-order valence-corrected chi connectivity index (χ4v) is 2.25. The smallest absolute Gasteiger partial charge is 0.238 e. The molecule has 21 heavy (non-hydrogen) atoms. The van der Waals surface area contributed by atoms with Crippen LogP contribution in [0.25, 0.3) is 0 Å². The van der Waals surface area contributed by atoms with E-state index in [0.29, 0.717) is 5.69 Å². The monoisotopic (exact) mass is 327 g/mol. The van der Waals surface area contributed by atoms with Crippen LogP contribution in [0.15, 0.2) is 52.5 Å². The number of hydrogen-bond acceptors (Lipinski definition) is 4. The SMILES string of the molecule is NS(=O)(=O)c1ccc(NN=Cc2c(F)cccc2Cl)cc1. The lowest BCUT2D eigenvalue weighted by molar-refractivity contribution is 0.598. The number of benzene rings is 2. The fourth-order valence-electron chi connectivity index (χ4n) is 1.52. The molecule has 0 fully saturated rings. The minimum Gasteiger partial charge on any atom is -0.279 e. The lowest BCUT2D eigenvalue weighted by Gasteiger charge is -2.03. The van der Waals surface area contributed by atoms with Crippen LogP contribution in [-0.4, -0.2) is 14.6 Å². The normalized spacial score (nSPS) is 11.8. The van der Waals surface area contributed by atoms with E-state index in [1.54, 1.807) is 6.07 Å². The lowest BCUT2D eigenvalue weighted by Crippen LogP contribution is -2.11. The molecule has 0 aliphatic rings. The largest absolute Gasteiger partial charge is 0.279 e. The lowest BCUT2D eigenvalue weighted by atomic mass is 10.2. The minimum atomic E-state index is -3.73. The summed E-state index contributed by atoms with van der Waals surface area (Å²) in [5, 5.41) is 9.07. The van der Waals surface area contributed by atoms with Crippen molar-refractivity contribution in [1.82, 2.24) is 0 Å². The van der Waals surface area contributed by atoms with E-state index in [-0.39, 0.29) is 15.5 Å². The van der Waals surface area contributed by atoms with Crippen molar-refractivity contribution in [3.8, 4) is 0 Å². The minimum absolute atomic E-state index is 0.00539. The van der Waals surface area contributed by atoms with Gasteiger partial charge in [-0.2, -0.15) is 5.10 Å². The number of hydrogen-bond donors (Lipinski definition) is 2. The third-order valence-corrected chi connectivity index (χ3v) is 3.83. The Morgan fingerprint density at radius 2 is 1.86 bits per heavy atom. The first-order valence-corrected chi connectivity index (χ1v) is 7.66. The maximum atomic E-state index is 13.5. The second-order valence-corrected chi connectivity index (χ2v) is 6.04. The fraction of sp³-hybridized carbons (Fsp3) is 0. The summed E-state index contributed by atoms with van der Waals surface area (Å²) >= 11 is 5.84. The second-order valence-electron chi connectivity index (χ2n) is 4.07. The highest BCUT2D eigenvalue weighted by Crippen LogP contribution is 2.17. The van der Waals surface area contributed by atoms with Crippen molar-refractivity contribution in [3.05, 3.63) is 58.9 Å². The summed E-state index contributed by atoms with van der Waals surface area (Å²) in [6, 6.07) is 9.96. The number of anilines is 1. The van der Waals surface area contributed by atoms with Gasteiger partial charge in [0.15, 0.2) is 0 Å². The molecule has 8 heteroatoms. The second kappa shape index (κ2) is 6.21. The highest BCUT2D eigenvalue weighted by molar-refractivity contribution is 7.89. The van der Waals surface area contributed by atoms with E-state index in [9.17, 15) is 12.8 Å². The maximum absolute atomic E-state index is 13.5. The first-order chi connectivity index (χ1) is 9.88. The van der Waals surface area contributed by atoms with Gasteiger partial charge in [-0.25, -0.2) is 17.9 Å². The van der Waals surface area contributed by atoms with Gasteiger partial charge in [0, 0.05) is 5.56 Å². The van der Waals surface area contributed by atoms with Crippen molar-refractivity contribution in [1.29, 1.82) is 0 Å². The third-order valence-electron chi connectivity index (χ3n) is 2.57. The molecule has 0 aromatic heterocycles. The molecule has 0 aliphatic heterocycles. The predicted molar refractivity (Wildman–Crippen MR) is 80.4 cm³/mol. The van der Waals surface area contributed by atoms with Gasteiger partial charge in [0.05, 0.1) is 21.8 Å². The van der Waals surface area contributed by atoms with E-state index in [1.165, 1.54) is 42.6 Å². The Morgan fingerprint density at radius 3 is 2.43 bits per heavy atom. The number of hydrazone groups is 1. The van der Waals surface area contributed by atoms with Crippen molar-refractivity contribution in [2.75, 3.05) is 5.43 Å². The molecule has 0 saturated carbocycles. The number of halogens is 2. The average molecular weight is 328 g/mol. The molecule has 5 nitrogen and oxygen atoms in total. The van der Waals surface area contributed by atoms with Crippen LogP contribution >= 0.6 is 11.6 Å². The number of nitrogens with zero attached hydrogens (tertiary/aromatic N) is 1. The Morgan fingerprint density at radius 1 is 1.19 bits per heavy atom. The first-order valence-electron chi connectivity index (χ1n) is 5.74. The summed E-state index contributed by atoms with van der Waals surface area (Å²) in [7, 11) is -3.73. The molecule has 2 aromatic carbocycles. The summed E-state index contributed by atoms with van der Waals surface area (Å²) in [6.45, 7) is 0. The summed E-state index contributed by atoms with van der Waals surface area (Å²) in [6.07, 6.45) is 1.24. The van der Waals surface area contributed by atoms with Gasteiger partial charge < -0.3 is 0 Å². The van der Waals surface area contributed by atoms with Crippen LogP contribution in [0.2, 0.25) is 5.02 Å². The predicted octanol–water partition coefficient (Wildman–Crippen LogP) is 2.57. The topological polar surface area (TPSA) is 84.5 Å². The van der Waals surface area contributed by atoms with Gasteiger partial charge in [-0.1, -0.05) is 17.7 Å². The van der Waals surface area contributed by atoms with Crippen LogP contribution in [0, 0.1) is 5.82 Å². The van der Waals surface area contributed by atoms with Crippen molar-refractivity contribution in [2.24, 2.45) is 10.2 Å². The molecule has 3 N–H and O–H groups in total. The molecule has 0 aliphatic carbocycles. The van der Waals surface area contributed by atoms with Gasteiger partial charge in [-0.3, -0.25) is 5.43 Å². The Hall–Kier alpha value is -1.96. The van der Waals surface area contributed by atoms with Crippen molar-refractivity contribution in [2.45, 2.75) is 4.90 Å². The molecule has 0 heterocycles. The summed E-state index contributed by atoms with van der Waals surface area (Å²) in [5.74, 6) is -0.488. The number of nitrogens with two attached hydrogens (primary N) is 1. The van der Waals surface area contributed by atoms with E-state index >= 15 is 0 Å². The Kier molecular flexibility index (Phi) is 4.56. The van der Waals surface area contributed by atoms with Gasteiger partial charge in [0.25, 0.3) is 0 Å². The molecule has 2 rings (SSSR count). The Balaban J connectivity index is 2.11. The standard InChI is InChI=1S/C13H11ClFN3O2S/c14-12-2-1-3-13(15)11(12)8-17-18-9-4-6-10(7-5-9)21(16,19)20/h1-8,18H,(H2,16,19,20). The molecule has 0 atom stereocenters. The Bertz CT molecular complexity index is 756. The summed E-state index contributed by atoms with van der Waals surface area (Å²) < 4.78 is 35.7. The summed E-state index contributed by atoms with van der Waals surface area (Å²) in [4.78, 5) is -0.00539. The number of nitrogens with one attached hydrogen (secondary N) is 1. The van der Waals surface area contributed by atoms with Crippen molar-refractivity contribution < 1.29 is 12.8 Å². The van der Waals surface area contributed by atoms with Gasteiger partial charge in [-0.05, 0) is 36.4 Å². The number of rotatable bonds is 4. The first kappa shape index (κ1) is 15.4. The van der Waals surface area contributed by atoms with E-state index in [0.717, 1.165) is 0 Å². The van der Waals surface area contributed by atoms with Crippen LogP contribution in [0.3, 0.4) is 0 Å². The molecule has 0 unspecified atom stereocenters. The number of sulfonamides is 1. The van der Waals surface area contributed by atoms with E-state index in [4.69, 9.17) is 16.7 Å². The maximum Gasteiger partial charge on any atom is 0.238 e. The third kappa shape index (κ3) is 4.01. The zero-order chi connectivity index (χ0) is 15.5. The zero-order valence-electron chi connectivity index (χ0n) is 10.6. The molecule has 110 valence electrons. The van der Waals surface area contributed by atoms with Crippen LogP contribution in [0.1, 0.15) is 5.56 Å². The quantitative estimate of drug-likeness (QED) is 0.668. The zero-order valence-corrected chi connectivity index (χ0v) is 12.2. The van der Waals surface area contributed by atoms with Crippen LogP contribution in [0.4, 0.5) is 10.1 Å². The highest BCUT2D eigenvalue weighted by atomic mass is 35.5. The Labute approximate surface area is 126 Å². The molecule has 2 aromatic rings. The van der Waals surface area contributed by atoms with Gasteiger partial charge >= 0.3 is 0 Å². The molecule has 0 spiro atoms. The van der Waals surface area contributed by atoms with Gasteiger partial charge in [0.2, 0.25) is 10.0 Å². The molecular formula is C13H11ClFN3O2S. The van der Waals surface area contributed by atoms with Crippen molar-refractivity contribution >= 4 is 33.5 Å². The van der Waals surface area contributed by atoms with Crippen LogP contribution in [-0.2, 0) is 10.0 Å². The number of primary sulfonamides is 1. The summed E-state index contributed by atoms with van der Waals surface area (Å²) in [5.41, 5.74) is 3.31. The van der Waals surface area contributed by atoms with Crippen molar-refractivity contribution in [3.63, 3.8) is 0 Å². The molecule has 0 amide bonds. The molecular weight excluding hydrogens is 317 g/mol. The van der Waals surface area contributed by atoms with E-state index in [1.807, 2.05) is 0 Å². The van der Waals surface area contributed by atoms with E-state index in [2.05, 4.69) is 10.5 Å².